The molecule has 0 radical (unpaired) electrons. The molecule has 65 heavy (non-hydrogen) atoms. The van der Waals surface area contributed by atoms with Gasteiger partial charge in [-0.2, -0.15) is 0 Å². The lowest BCUT2D eigenvalue weighted by Gasteiger charge is -2.34. The molecular formula is C63H40N2. The van der Waals surface area contributed by atoms with Crippen LogP contribution < -0.4 is 0 Å². The van der Waals surface area contributed by atoms with E-state index in [0.29, 0.717) is 5.82 Å². The summed E-state index contributed by atoms with van der Waals surface area (Å²) in [5.41, 5.74) is 16.3. The Balaban J connectivity index is 1.08. The van der Waals surface area contributed by atoms with Gasteiger partial charge < -0.3 is 0 Å². The topological polar surface area (TPSA) is 25.8 Å². The van der Waals surface area contributed by atoms with Crippen molar-refractivity contribution < 1.29 is 0 Å². The first-order valence-electron chi connectivity index (χ1n) is 22.4. The highest BCUT2D eigenvalue weighted by Crippen LogP contribution is 2.59. The molecule has 2 nitrogen and oxygen atoms in total. The Bertz CT molecular complexity index is 3690. The minimum Gasteiger partial charge on any atom is -0.228 e. The van der Waals surface area contributed by atoms with Gasteiger partial charge in [-0.1, -0.05) is 224 Å². The Morgan fingerprint density at radius 1 is 0.292 bits per heavy atom. The summed E-state index contributed by atoms with van der Waals surface area (Å²) in [5.74, 6) is 0.695. The molecule has 0 N–H and O–H groups in total. The van der Waals surface area contributed by atoms with Crippen LogP contribution in [0.15, 0.2) is 243 Å². The van der Waals surface area contributed by atoms with Gasteiger partial charge in [-0.3, -0.25) is 0 Å². The maximum absolute atomic E-state index is 5.45. The van der Waals surface area contributed by atoms with Crippen LogP contribution in [0.3, 0.4) is 0 Å². The predicted octanol–water partition coefficient (Wildman–Crippen LogP) is 16.1. The molecule has 302 valence electrons. The molecule has 0 amide bonds. The Morgan fingerprint density at radius 3 is 1.57 bits per heavy atom. The molecule has 0 saturated carbocycles. The highest BCUT2D eigenvalue weighted by atomic mass is 14.9. The van der Waals surface area contributed by atoms with Gasteiger partial charge in [0.15, 0.2) is 5.82 Å². The molecule has 0 unspecified atom stereocenters. The number of hydrogen-bond acceptors (Lipinski definition) is 2. The molecule has 1 aliphatic rings. The van der Waals surface area contributed by atoms with Crippen molar-refractivity contribution >= 4 is 32.3 Å². The number of hydrogen-bond donors (Lipinski definition) is 0. The lowest BCUT2D eigenvalue weighted by atomic mass is 9.67. The molecule has 1 aliphatic carbocycles. The van der Waals surface area contributed by atoms with Crippen LogP contribution in [0, 0.1) is 0 Å². The van der Waals surface area contributed by atoms with E-state index in [0.717, 1.165) is 33.6 Å². The lowest BCUT2D eigenvalue weighted by Crippen LogP contribution is -2.28. The highest BCUT2D eigenvalue weighted by Gasteiger charge is 2.47. The van der Waals surface area contributed by atoms with E-state index >= 15 is 0 Å². The van der Waals surface area contributed by atoms with Crippen molar-refractivity contribution in [3.8, 4) is 67.3 Å². The third-order valence-corrected chi connectivity index (χ3v) is 13.7. The molecule has 0 aliphatic heterocycles. The molecular weight excluding hydrogens is 785 g/mol. The summed E-state index contributed by atoms with van der Waals surface area (Å²) in [5, 5.41) is 7.73. The van der Waals surface area contributed by atoms with E-state index in [1.165, 1.54) is 82.4 Å². The van der Waals surface area contributed by atoms with Crippen LogP contribution in [0.25, 0.3) is 99.6 Å². The van der Waals surface area contributed by atoms with Crippen LogP contribution in [0.1, 0.15) is 22.3 Å². The first-order valence-corrected chi connectivity index (χ1v) is 22.4. The minimum atomic E-state index is -0.620. The van der Waals surface area contributed by atoms with E-state index in [4.69, 9.17) is 9.97 Å². The van der Waals surface area contributed by atoms with Crippen LogP contribution in [0.4, 0.5) is 0 Å². The zero-order valence-electron chi connectivity index (χ0n) is 35.5. The Kier molecular flexibility index (Phi) is 8.47. The fraction of sp³-hybridized carbons (Fsp3) is 0.0159. The van der Waals surface area contributed by atoms with E-state index in [2.05, 4.69) is 237 Å². The summed E-state index contributed by atoms with van der Waals surface area (Å²) in [6.07, 6.45) is 0. The van der Waals surface area contributed by atoms with Crippen molar-refractivity contribution in [1.29, 1.82) is 0 Å². The van der Waals surface area contributed by atoms with Crippen molar-refractivity contribution in [2.45, 2.75) is 5.41 Å². The summed E-state index contributed by atoms with van der Waals surface area (Å²) < 4.78 is 0. The molecule has 12 aromatic rings. The molecule has 13 rings (SSSR count). The average molecular weight is 825 g/mol. The largest absolute Gasteiger partial charge is 0.228 e. The van der Waals surface area contributed by atoms with E-state index in [1.54, 1.807) is 0 Å². The number of fused-ring (bicyclic) bond motifs is 3. The number of benzene rings is 11. The van der Waals surface area contributed by atoms with E-state index in [-0.39, 0.29) is 0 Å². The smallest absolute Gasteiger partial charge is 0.160 e. The second-order valence-corrected chi connectivity index (χ2v) is 17.2. The fourth-order valence-corrected chi connectivity index (χ4v) is 10.8. The molecule has 1 heterocycles. The van der Waals surface area contributed by atoms with Crippen molar-refractivity contribution in [3.63, 3.8) is 0 Å². The molecule has 11 aromatic carbocycles. The number of aromatic nitrogens is 2. The van der Waals surface area contributed by atoms with Gasteiger partial charge in [0.05, 0.1) is 16.8 Å². The van der Waals surface area contributed by atoms with E-state index in [1.807, 2.05) is 6.07 Å². The molecule has 2 heteroatoms. The molecule has 0 spiro atoms. The van der Waals surface area contributed by atoms with Gasteiger partial charge in [-0.05, 0) is 106 Å². The van der Waals surface area contributed by atoms with Gasteiger partial charge in [0.1, 0.15) is 0 Å². The number of rotatable bonds is 7. The van der Waals surface area contributed by atoms with Crippen molar-refractivity contribution in [3.05, 3.63) is 265 Å². The molecule has 0 saturated heterocycles. The highest BCUT2D eigenvalue weighted by molar-refractivity contribution is 6.25. The second kappa shape index (κ2) is 14.8. The monoisotopic (exact) mass is 824 g/mol. The maximum atomic E-state index is 5.45. The predicted molar refractivity (Wildman–Crippen MR) is 270 cm³/mol. The molecule has 0 bridgehead atoms. The standard InChI is InChI=1S/C63H40N2/c1-5-16-41(17-6-1)46-22-14-23-48(38-46)57-40-58(65-62(64-57)45-18-7-2-8-19-45)54-28-15-29-55-61(54)53-37-34-47(39-56(53)63(55,49-24-9-3-10-25-49)50-26-11-4-12-27-50)51-35-32-44-31-30-42-20-13-21-43-33-36-52(51)60(44)59(42)43/h1-40H. The van der Waals surface area contributed by atoms with Gasteiger partial charge in [0.2, 0.25) is 0 Å². The second-order valence-electron chi connectivity index (χ2n) is 17.2. The Morgan fingerprint density at radius 2 is 0.846 bits per heavy atom. The first-order chi connectivity index (χ1) is 32.2. The Hall–Kier alpha value is -8.46. The first kappa shape index (κ1) is 37.1. The van der Waals surface area contributed by atoms with Crippen molar-refractivity contribution in [2.75, 3.05) is 0 Å². The fourth-order valence-electron chi connectivity index (χ4n) is 10.8. The summed E-state index contributed by atoms with van der Waals surface area (Å²) in [7, 11) is 0. The molecule has 1 aromatic heterocycles. The van der Waals surface area contributed by atoms with Crippen molar-refractivity contribution in [1.82, 2.24) is 9.97 Å². The average Bonchev–Trinajstić information content (AvgIpc) is 3.69. The number of nitrogens with zero attached hydrogens (tertiary/aromatic N) is 2. The van der Waals surface area contributed by atoms with Gasteiger partial charge >= 0.3 is 0 Å². The third-order valence-electron chi connectivity index (χ3n) is 13.7. The van der Waals surface area contributed by atoms with Crippen LogP contribution in [-0.4, -0.2) is 9.97 Å². The third kappa shape index (κ3) is 5.81. The quantitative estimate of drug-likeness (QED) is 0.150. The van der Waals surface area contributed by atoms with Gasteiger partial charge in [-0.25, -0.2) is 9.97 Å². The zero-order chi connectivity index (χ0) is 42.9. The minimum absolute atomic E-state index is 0.620. The van der Waals surface area contributed by atoms with E-state index < -0.39 is 5.41 Å². The molecule has 0 atom stereocenters. The summed E-state index contributed by atoms with van der Waals surface area (Å²) >= 11 is 0. The van der Waals surface area contributed by atoms with Crippen LogP contribution in [-0.2, 0) is 5.41 Å². The lowest BCUT2D eigenvalue weighted by molar-refractivity contribution is 0.769. The van der Waals surface area contributed by atoms with Crippen LogP contribution >= 0.6 is 0 Å². The van der Waals surface area contributed by atoms with Crippen LogP contribution in [0.5, 0.6) is 0 Å². The summed E-state index contributed by atoms with van der Waals surface area (Å²) in [4.78, 5) is 10.7. The SMILES string of the molecule is c1ccc(-c2cccc(-c3cc(-c4cccc5c4-c4ccc(-c6ccc7ccc8cccc9ccc6c7c89)cc4C5(c4ccccc4)c4ccccc4)nc(-c4ccccc4)n3)c2)cc1. The van der Waals surface area contributed by atoms with Gasteiger partial charge in [0, 0.05) is 16.7 Å². The van der Waals surface area contributed by atoms with Gasteiger partial charge in [-0.15, -0.1) is 0 Å². The molecule has 0 fully saturated rings. The van der Waals surface area contributed by atoms with Gasteiger partial charge in [0.25, 0.3) is 0 Å². The van der Waals surface area contributed by atoms with E-state index in [9.17, 15) is 0 Å². The maximum Gasteiger partial charge on any atom is 0.160 e. The summed E-state index contributed by atoms with van der Waals surface area (Å²) in [6.45, 7) is 0. The van der Waals surface area contributed by atoms with Crippen molar-refractivity contribution in [2.24, 2.45) is 0 Å². The Labute approximate surface area is 378 Å². The van der Waals surface area contributed by atoms with Crippen LogP contribution in [0.2, 0.25) is 0 Å². The normalized spacial score (nSPS) is 12.7. The summed E-state index contributed by atoms with van der Waals surface area (Å²) in [6, 6.07) is 88.4. The zero-order valence-corrected chi connectivity index (χ0v) is 35.5.